The molecule has 194 valence electrons. The zero-order valence-corrected chi connectivity index (χ0v) is 23.2. The summed E-state index contributed by atoms with van der Waals surface area (Å²) in [4.78, 5) is 31.9. The molecule has 2 amide bonds. The molecule has 3 fully saturated rings. The van der Waals surface area contributed by atoms with Crippen LogP contribution in [0.4, 0.5) is 0 Å². The van der Waals surface area contributed by atoms with Crippen molar-refractivity contribution >= 4 is 35.0 Å². The second-order valence-corrected chi connectivity index (χ2v) is 12.8. The SMILES string of the molecule is CC(=O)N1CCC(CC(=O)N2CCN(C(CC3CC3)c3ccc(Cl)c(Cl)c3)CC2C(C)(C)C)CC1. The van der Waals surface area contributed by atoms with Gasteiger partial charge in [0.15, 0.2) is 0 Å². The molecule has 2 aliphatic heterocycles. The Labute approximate surface area is 221 Å². The van der Waals surface area contributed by atoms with Crippen molar-refractivity contribution < 1.29 is 9.59 Å². The minimum absolute atomic E-state index is 0.0197. The Kier molecular flexibility index (Phi) is 8.39. The van der Waals surface area contributed by atoms with Gasteiger partial charge in [-0.1, -0.05) is 62.9 Å². The Bertz CT molecular complexity index is 919. The molecule has 1 aromatic carbocycles. The molecule has 7 heteroatoms. The molecule has 2 heterocycles. The highest BCUT2D eigenvalue weighted by molar-refractivity contribution is 6.42. The highest BCUT2D eigenvalue weighted by atomic mass is 35.5. The van der Waals surface area contributed by atoms with E-state index in [-0.39, 0.29) is 23.3 Å². The van der Waals surface area contributed by atoms with E-state index in [9.17, 15) is 9.59 Å². The Morgan fingerprint density at radius 2 is 1.66 bits per heavy atom. The fourth-order valence-corrected chi connectivity index (χ4v) is 6.13. The number of piperidine rings is 1. The zero-order chi connectivity index (χ0) is 25.3. The summed E-state index contributed by atoms with van der Waals surface area (Å²) in [5.74, 6) is 1.57. The molecule has 2 atom stereocenters. The van der Waals surface area contributed by atoms with Crippen molar-refractivity contribution in [1.29, 1.82) is 0 Å². The van der Waals surface area contributed by atoms with Crippen LogP contribution < -0.4 is 0 Å². The number of carbonyl (C=O) groups is 2. The van der Waals surface area contributed by atoms with E-state index < -0.39 is 0 Å². The molecule has 2 saturated heterocycles. The van der Waals surface area contributed by atoms with E-state index in [2.05, 4.69) is 36.6 Å². The lowest BCUT2D eigenvalue weighted by molar-refractivity contribution is -0.142. The first-order valence-corrected chi connectivity index (χ1v) is 14.0. The number of piperazine rings is 1. The van der Waals surface area contributed by atoms with Crippen LogP contribution in [-0.4, -0.2) is 65.3 Å². The molecule has 0 spiro atoms. The van der Waals surface area contributed by atoms with Gasteiger partial charge in [0.2, 0.25) is 11.8 Å². The molecule has 0 bridgehead atoms. The zero-order valence-electron chi connectivity index (χ0n) is 21.7. The Hall–Kier alpha value is -1.30. The Balaban J connectivity index is 1.46. The van der Waals surface area contributed by atoms with Gasteiger partial charge >= 0.3 is 0 Å². The van der Waals surface area contributed by atoms with Gasteiger partial charge in [-0.3, -0.25) is 14.5 Å². The summed E-state index contributed by atoms with van der Waals surface area (Å²) in [6.07, 6.45) is 6.19. The summed E-state index contributed by atoms with van der Waals surface area (Å²) in [6, 6.07) is 6.53. The molecule has 0 N–H and O–H groups in total. The van der Waals surface area contributed by atoms with Crippen LogP contribution in [0.1, 0.15) is 77.8 Å². The van der Waals surface area contributed by atoms with Crippen molar-refractivity contribution in [2.45, 2.75) is 78.3 Å². The summed E-state index contributed by atoms with van der Waals surface area (Å²) in [7, 11) is 0. The van der Waals surface area contributed by atoms with Gasteiger partial charge in [0, 0.05) is 58.2 Å². The van der Waals surface area contributed by atoms with Gasteiger partial charge in [-0.2, -0.15) is 0 Å². The van der Waals surface area contributed by atoms with Gasteiger partial charge in [-0.15, -0.1) is 0 Å². The van der Waals surface area contributed by atoms with Crippen molar-refractivity contribution in [3.8, 4) is 0 Å². The van der Waals surface area contributed by atoms with Crippen molar-refractivity contribution in [3.63, 3.8) is 0 Å². The third kappa shape index (κ3) is 6.72. The molecule has 0 radical (unpaired) electrons. The summed E-state index contributed by atoms with van der Waals surface area (Å²) >= 11 is 12.6. The molecular formula is C28H41Cl2N3O2. The summed E-state index contributed by atoms with van der Waals surface area (Å²) in [5, 5.41) is 1.21. The topological polar surface area (TPSA) is 43.9 Å². The molecule has 1 saturated carbocycles. The first kappa shape index (κ1) is 26.8. The van der Waals surface area contributed by atoms with Gasteiger partial charge in [0.05, 0.1) is 10.0 Å². The average molecular weight is 523 g/mol. The molecule has 4 rings (SSSR count). The van der Waals surface area contributed by atoms with E-state index in [0.717, 1.165) is 57.9 Å². The van der Waals surface area contributed by atoms with Crippen molar-refractivity contribution in [3.05, 3.63) is 33.8 Å². The predicted molar refractivity (Wildman–Crippen MR) is 143 cm³/mol. The fraction of sp³-hybridized carbons (Fsp3) is 0.714. The lowest BCUT2D eigenvalue weighted by Crippen LogP contribution is -2.60. The predicted octanol–water partition coefficient (Wildman–Crippen LogP) is 6.04. The average Bonchev–Trinajstić information content (AvgIpc) is 3.63. The van der Waals surface area contributed by atoms with Gasteiger partial charge in [-0.05, 0) is 54.2 Å². The first-order chi connectivity index (χ1) is 16.5. The van der Waals surface area contributed by atoms with E-state index in [4.69, 9.17) is 23.2 Å². The molecular weight excluding hydrogens is 481 g/mol. The van der Waals surface area contributed by atoms with Gasteiger partial charge in [0.1, 0.15) is 0 Å². The van der Waals surface area contributed by atoms with Crippen molar-refractivity contribution in [2.24, 2.45) is 17.3 Å². The first-order valence-electron chi connectivity index (χ1n) is 13.3. The second-order valence-electron chi connectivity index (χ2n) is 12.0. The van der Waals surface area contributed by atoms with Gasteiger partial charge in [-0.25, -0.2) is 0 Å². The van der Waals surface area contributed by atoms with Crippen molar-refractivity contribution in [1.82, 2.24) is 14.7 Å². The minimum atomic E-state index is -0.0197. The van der Waals surface area contributed by atoms with Crippen LogP contribution in [0.25, 0.3) is 0 Å². The maximum Gasteiger partial charge on any atom is 0.223 e. The molecule has 5 nitrogen and oxygen atoms in total. The largest absolute Gasteiger partial charge is 0.343 e. The highest BCUT2D eigenvalue weighted by Crippen LogP contribution is 2.42. The van der Waals surface area contributed by atoms with E-state index in [1.807, 2.05) is 17.0 Å². The lowest BCUT2D eigenvalue weighted by Gasteiger charge is -2.50. The van der Waals surface area contributed by atoms with Crippen LogP contribution in [0.5, 0.6) is 0 Å². The van der Waals surface area contributed by atoms with E-state index in [1.54, 1.807) is 6.92 Å². The number of hydrogen-bond donors (Lipinski definition) is 0. The molecule has 0 aromatic heterocycles. The van der Waals surface area contributed by atoms with Gasteiger partial charge < -0.3 is 9.80 Å². The van der Waals surface area contributed by atoms with E-state index >= 15 is 0 Å². The lowest BCUT2D eigenvalue weighted by atomic mass is 9.82. The maximum atomic E-state index is 13.5. The molecule has 3 aliphatic rings. The number of hydrogen-bond acceptors (Lipinski definition) is 3. The maximum absolute atomic E-state index is 13.5. The monoisotopic (exact) mass is 521 g/mol. The Morgan fingerprint density at radius 1 is 0.971 bits per heavy atom. The van der Waals surface area contributed by atoms with Crippen LogP contribution in [0.3, 0.4) is 0 Å². The van der Waals surface area contributed by atoms with Gasteiger partial charge in [0.25, 0.3) is 0 Å². The van der Waals surface area contributed by atoms with Crippen LogP contribution in [0.15, 0.2) is 18.2 Å². The summed E-state index contributed by atoms with van der Waals surface area (Å²) in [6.45, 7) is 12.4. The normalized spacial score (nSPS) is 23.4. The van der Waals surface area contributed by atoms with Crippen molar-refractivity contribution in [2.75, 3.05) is 32.7 Å². The van der Waals surface area contributed by atoms with Crippen LogP contribution in [0.2, 0.25) is 10.0 Å². The molecule has 1 aromatic rings. The third-order valence-corrected chi connectivity index (χ3v) is 9.02. The van der Waals surface area contributed by atoms with Crippen LogP contribution in [0, 0.1) is 17.3 Å². The van der Waals surface area contributed by atoms with E-state index in [0.29, 0.717) is 28.4 Å². The minimum Gasteiger partial charge on any atom is -0.343 e. The molecule has 1 aliphatic carbocycles. The summed E-state index contributed by atoms with van der Waals surface area (Å²) < 4.78 is 0. The second kappa shape index (κ2) is 11.0. The number of nitrogens with zero attached hydrogens (tertiary/aromatic N) is 3. The Morgan fingerprint density at radius 3 is 2.23 bits per heavy atom. The van der Waals surface area contributed by atoms with Crippen LogP contribution in [-0.2, 0) is 9.59 Å². The number of halogens is 2. The quantitative estimate of drug-likeness (QED) is 0.458. The standard InChI is InChI=1S/C28H41Cl2N3O2/c1-19(34)31-11-9-21(10-12-31)16-27(35)33-14-13-32(18-26(33)28(2,3)4)25(15-20-5-6-20)22-7-8-23(29)24(30)17-22/h7-8,17,20-21,25-26H,5-6,9-16,18H2,1-4H3. The summed E-state index contributed by atoms with van der Waals surface area (Å²) in [5.41, 5.74) is 1.21. The number of likely N-dealkylation sites (tertiary alicyclic amines) is 1. The van der Waals surface area contributed by atoms with E-state index in [1.165, 1.54) is 18.4 Å². The smallest absolute Gasteiger partial charge is 0.223 e. The molecule has 35 heavy (non-hydrogen) atoms. The highest BCUT2D eigenvalue weighted by Gasteiger charge is 2.41. The third-order valence-electron chi connectivity index (χ3n) is 8.28. The number of benzene rings is 1. The number of rotatable bonds is 6. The van der Waals surface area contributed by atoms with Crippen LogP contribution >= 0.6 is 23.2 Å². The number of amides is 2. The molecule has 2 unspecified atom stereocenters. The number of carbonyl (C=O) groups excluding carboxylic acids is 2. The fourth-order valence-electron chi connectivity index (χ4n) is 5.83.